The van der Waals surface area contributed by atoms with E-state index in [1.54, 1.807) is 0 Å². The molecule has 2 aliphatic rings. The van der Waals surface area contributed by atoms with Crippen molar-refractivity contribution < 1.29 is 19.0 Å². The quantitative estimate of drug-likeness (QED) is 0.583. The highest BCUT2D eigenvalue weighted by molar-refractivity contribution is 5.92. The van der Waals surface area contributed by atoms with E-state index in [-0.39, 0.29) is 12.0 Å². The molecule has 1 saturated carbocycles. The van der Waals surface area contributed by atoms with E-state index in [2.05, 4.69) is 17.4 Å². The molecule has 0 bridgehead atoms. The van der Waals surface area contributed by atoms with Crippen LogP contribution in [0.4, 0.5) is 5.69 Å². The maximum absolute atomic E-state index is 12.6. The van der Waals surface area contributed by atoms with Gasteiger partial charge < -0.3 is 19.5 Å². The van der Waals surface area contributed by atoms with Gasteiger partial charge >= 0.3 is 0 Å². The molecule has 5 nitrogen and oxygen atoms in total. The summed E-state index contributed by atoms with van der Waals surface area (Å²) in [4.78, 5) is 12.6. The van der Waals surface area contributed by atoms with Crippen molar-refractivity contribution in [1.82, 2.24) is 0 Å². The maximum atomic E-state index is 12.6. The Balaban J connectivity index is 1.30. The molecule has 2 fully saturated rings. The van der Waals surface area contributed by atoms with Gasteiger partial charge in [-0.05, 0) is 87.3 Å². The molecular formula is C26H33NO4. The molecule has 1 aliphatic heterocycles. The number of carbonyl (C=O) groups excluding carboxylic acids is 1. The molecule has 1 saturated heterocycles. The lowest BCUT2D eigenvalue weighted by Crippen LogP contribution is -2.18. The van der Waals surface area contributed by atoms with Crippen LogP contribution in [0.15, 0.2) is 42.5 Å². The topological polar surface area (TPSA) is 56.8 Å². The number of hydrogen-bond donors (Lipinski definition) is 1. The van der Waals surface area contributed by atoms with Gasteiger partial charge in [-0.25, -0.2) is 0 Å². The molecule has 1 unspecified atom stereocenters. The first-order valence-electron chi connectivity index (χ1n) is 11.6. The average Bonchev–Trinajstić information content (AvgIpc) is 3.47. The summed E-state index contributed by atoms with van der Waals surface area (Å²) in [6.07, 6.45) is 8.45. The molecular weight excluding hydrogens is 390 g/mol. The lowest BCUT2D eigenvalue weighted by Gasteiger charge is -2.16. The van der Waals surface area contributed by atoms with Gasteiger partial charge in [0.05, 0.1) is 17.9 Å². The number of amides is 1. The van der Waals surface area contributed by atoms with Crippen molar-refractivity contribution in [3.05, 3.63) is 53.6 Å². The van der Waals surface area contributed by atoms with Crippen LogP contribution in [0.1, 0.15) is 56.1 Å². The standard InChI is InChI=1S/C26H33NO4/c1-19-11-13-24(25(16-19)30-18-23-10-5-15-29-23)27-26(28)14-12-20-6-4-9-22(17-20)31-21-7-2-3-8-21/h4,6,9,11,13,16-17,21,23H,2-3,5,7-8,10,12,14-15,18H2,1H3,(H,27,28). The highest BCUT2D eigenvalue weighted by Crippen LogP contribution is 2.28. The van der Waals surface area contributed by atoms with Crippen molar-refractivity contribution in [2.24, 2.45) is 0 Å². The summed E-state index contributed by atoms with van der Waals surface area (Å²) in [6, 6.07) is 14.0. The molecule has 1 amide bonds. The third kappa shape index (κ3) is 6.47. The van der Waals surface area contributed by atoms with Crippen molar-refractivity contribution in [2.75, 3.05) is 18.5 Å². The SMILES string of the molecule is Cc1ccc(NC(=O)CCc2cccc(OC3CCCC3)c2)c(OCC2CCCO2)c1. The van der Waals surface area contributed by atoms with Crippen LogP contribution in [0.2, 0.25) is 0 Å². The fourth-order valence-electron chi connectivity index (χ4n) is 4.25. The van der Waals surface area contributed by atoms with E-state index in [0.717, 1.165) is 49.2 Å². The number of hydrogen-bond acceptors (Lipinski definition) is 4. The molecule has 166 valence electrons. The molecule has 1 aliphatic carbocycles. The summed E-state index contributed by atoms with van der Waals surface area (Å²) in [5.74, 6) is 1.59. The van der Waals surface area contributed by atoms with Crippen molar-refractivity contribution in [2.45, 2.75) is 70.5 Å². The van der Waals surface area contributed by atoms with Crippen molar-refractivity contribution in [3.63, 3.8) is 0 Å². The Morgan fingerprint density at radius 2 is 1.97 bits per heavy atom. The van der Waals surface area contributed by atoms with Gasteiger partial charge in [0.15, 0.2) is 0 Å². The predicted octanol–water partition coefficient (Wildman–Crippen LogP) is 5.45. The first kappa shape index (κ1) is 21.7. The summed E-state index contributed by atoms with van der Waals surface area (Å²) in [5.41, 5.74) is 2.93. The summed E-state index contributed by atoms with van der Waals surface area (Å²) in [5, 5.41) is 3.02. The minimum Gasteiger partial charge on any atom is -0.490 e. The molecule has 0 aromatic heterocycles. The molecule has 5 heteroatoms. The minimum absolute atomic E-state index is 0.0204. The molecule has 31 heavy (non-hydrogen) atoms. The Morgan fingerprint density at radius 1 is 1.10 bits per heavy atom. The Kier molecular flexibility index (Phi) is 7.47. The van der Waals surface area contributed by atoms with E-state index in [0.29, 0.717) is 37.0 Å². The second-order valence-corrected chi connectivity index (χ2v) is 8.67. The van der Waals surface area contributed by atoms with Crippen LogP contribution in [0.25, 0.3) is 0 Å². The van der Waals surface area contributed by atoms with Crippen molar-refractivity contribution in [3.8, 4) is 11.5 Å². The molecule has 1 heterocycles. The largest absolute Gasteiger partial charge is 0.490 e. The third-order valence-electron chi connectivity index (χ3n) is 6.00. The van der Waals surface area contributed by atoms with E-state index < -0.39 is 0 Å². The van der Waals surface area contributed by atoms with Gasteiger partial charge in [0, 0.05) is 13.0 Å². The highest BCUT2D eigenvalue weighted by Gasteiger charge is 2.18. The van der Waals surface area contributed by atoms with Gasteiger partial charge in [0.2, 0.25) is 5.91 Å². The second kappa shape index (κ2) is 10.7. The number of ether oxygens (including phenoxy) is 3. The minimum atomic E-state index is -0.0204. The predicted molar refractivity (Wildman–Crippen MR) is 122 cm³/mol. The van der Waals surface area contributed by atoms with E-state index in [1.807, 2.05) is 37.3 Å². The van der Waals surface area contributed by atoms with Crippen LogP contribution >= 0.6 is 0 Å². The lowest BCUT2D eigenvalue weighted by molar-refractivity contribution is -0.116. The Hall–Kier alpha value is -2.53. The van der Waals surface area contributed by atoms with Gasteiger partial charge in [-0.3, -0.25) is 4.79 Å². The first-order chi connectivity index (χ1) is 15.2. The normalized spacial score (nSPS) is 18.8. The summed E-state index contributed by atoms with van der Waals surface area (Å²) >= 11 is 0. The van der Waals surface area contributed by atoms with E-state index in [4.69, 9.17) is 14.2 Å². The summed E-state index contributed by atoms with van der Waals surface area (Å²) in [7, 11) is 0. The van der Waals surface area contributed by atoms with E-state index >= 15 is 0 Å². The molecule has 4 rings (SSSR count). The molecule has 2 aromatic rings. The Bertz CT molecular complexity index is 869. The molecule has 0 spiro atoms. The number of anilines is 1. The van der Waals surface area contributed by atoms with Gasteiger partial charge in [-0.2, -0.15) is 0 Å². The highest BCUT2D eigenvalue weighted by atomic mass is 16.5. The average molecular weight is 424 g/mol. The van der Waals surface area contributed by atoms with E-state index in [1.165, 1.54) is 12.8 Å². The number of aryl methyl sites for hydroxylation is 2. The van der Waals surface area contributed by atoms with E-state index in [9.17, 15) is 4.79 Å². The van der Waals surface area contributed by atoms with Crippen LogP contribution in [0.5, 0.6) is 11.5 Å². The number of carbonyl (C=O) groups is 1. The van der Waals surface area contributed by atoms with Crippen molar-refractivity contribution >= 4 is 11.6 Å². The van der Waals surface area contributed by atoms with Crippen LogP contribution < -0.4 is 14.8 Å². The maximum Gasteiger partial charge on any atom is 0.224 e. The Labute approximate surface area is 185 Å². The fraction of sp³-hybridized carbons (Fsp3) is 0.500. The number of benzene rings is 2. The number of rotatable bonds is 9. The van der Waals surface area contributed by atoms with Crippen molar-refractivity contribution in [1.29, 1.82) is 0 Å². The number of nitrogens with one attached hydrogen (secondary N) is 1. The van der Waals surface area contributed by atoms with Gasteiger partial charge in [0.25, 0.3) is 0 Å². The third-order valence-corrected chi connectivity index (χ3v) is 6.00. The Morgan fingerprint density at radius 3 is 2.77 bits per heavy atom. The monoisotopic (exact) mass is 423 g/mol. The van der Waals surface area contributed by atoms with Crippen LogP contribution in [-0.4, -0.2) is 31.3 Å². The van der Waals surface area contributed by atoms with Crippen LogP contribution in [0, 0.1) is 6.92 Å². The molecule has 2 aromatic carbocycles. The fourth-order valence-corrected chi connectivity index (χ4v) is 4.25. The zero-order chi connectivity index (χ0) is 21.5. The smallest absolute Gasteiger partial charge is 0.224 e. The van der Waals surface area contributed by atoms with Crippen LogP contribution in [0.3, 0.4) is 0 Å². The zero-order valence-corrected chi connectivity index (χ0v) is 18.4. The van der Waals surface area contributed by atoms with Gasteiger partial charge in [-0.15, -0.1) is 0 Å². The summed E-state index contributed by atoms with van der Waals surface area (Å²) in [6.45, 7) is 3.34. The summed E-state index contributed by atoms with van der Waals surface area (Å²) < 4.78 is 17.7. The zero-order valence-electron chi connectivity index (χ0n) is 18.4. The first-order valence-corrected chi connectivity index (χ1v) is 11.6. The lowest BCUT2D eigenvalue weighted by atomic mass is 10.1. The van der Waals surface area contributed by atoms with Gasteiger partial charge in [0.1, 0.15) is 18.1 Å². The molecule has 1 N–H and O–H groups in total. The molecule has 0 radical (unpaired) electrons. The second-order valence-electron chi connectivity index (χ2n) is 8.67. The molecule has 1 atom stereocenters. The van der Waals surface area contributed by atoms with Crippen LogP contribution in [-0.2, 0) is 16.0 Å². The van der Waals surface area contributed by atoms with Gasteiger partial charge in [-0.1, -0.05) is 18.2 Å².